The molecule has 0 heterocycles. The predicted molar refractivity (Wildman–Crippen MR) is 83.0 cm³/mol. The van der Waals surface area contributed by atoms with E-state index in [9.17, 15) is 4.79 Å². The van der Waals surface area contributed by atoms with Crippen LogP contribution in [0.25, 0.3) is 0 Å². The lowest BCUT2D eigenvalue weighted by Gasteiger charge is -2.20. The number of carbonyl (C=O) groups is 1. The SMILES string of the molecule is COCCN(CCC#N)CC(=O)Nc1ccc(N)cc1Cl. The fourth-order valence-corrected chi connectivity index (χ4v) is 1.96. The van der Waals surface area contributed by atoms with Gasteiger partial charge in [0.1, 0.15) is 0 Å². The number of benzene rings is 1. The van der Waals surface area contributed by atoms with Gasteiger partial charge >= 0.3 is 0 Å². The second-order valence-electron chi connectivity index (χ2n) is 4.46. The highest BCUT2D eigenvalue weighted by Gasteiger charge is 2.12. The standard InChI is InChI=1S/C14H19ClN4O2/c1-21-8-7-19(6-2-5-16)10-14(20)18-13-4-3-11(17)9-12(13)15/h3-4,9H,2,6-8,10,17H2,1H3,(H,18,20). The van der Waals surface area contributed by atoms with E-state index < -0.39 is 0 Å². The third kappa shape index (κ3) is 6.45. The number of nitrogens with one attached hydrogen (secondary N) is 1. The average molecular weight is 311 g/mol. The van der Waals surface area contributed by atoms with Crippen LogP contribution in [0.5, 0.6) is 0 Å². The van der Waals surface area contributed by atoms with Crippen molar-refractivity contribution in [3.05, 3.63) is 23.2 Å². The second kappa shape index (κ2) is 9.19. The van der Waals surface area contributed by atoms with Crippen LogP contribution in [0.4, 0.5) is 11.4 Å². The maximum atomic E-state index is 12.0. The van der Waals surface area contributed by atoms with Crippen molar-refractivity contribution < 1.29 is 9.53 Å². The Bertz CT molecular complexity index is 516. The van der Waals surface area contributed by atoms with Gasteiger partial charge in [-0.05, 0) is 18.2 Å². The van der Waals surface area contributed by atoms with Crippen molar-refractivity contribution in [2.75, 3.05) is 44.4 Å². The third-order valence-corrected chi connectivity index (χ3v) is 3.10. The van der Waals surface area contributed by atoms with Crippen LogP contribution in [0.3, 0.4) is 0 Å². The van der Waals surface area contributed by atoms with Gasteiger partial charge in [0.2, 0.25) is 5.91 Å². The molecule has 1 rings (SSSR count). The number of ether oxygens (including phenoxy) is 1. The van der Waals surface area contributed by atoms with Crippen molar-refractivity contribution in [1.29, 1.82) is 5.26 Å². The molecular weight excluding hydrogens is 292 g/mol. The van der Waals surface area contributed by atoms with E-state index in [1.807, 2.05) is 4.90 Å². The smallest absolute Gasteiger partial charge is 0.238 e. The molecule has 6 nitrogen and oxygen atoms in total. The number of halogens is 1. The molecule has 1 amide bonds. The molecule has 0 spiro atoms. The first-order valence-corrected chi connectivity index (χ1v) is 6.87. The third-order valence-electron chi connectivity index (χ3n) is 2.79. The highest BCUT2D eigenvalue weighted by Crippen LogP contribution is 2.23. The first kappa shape index (κ1) is 17.2. The Kier molecular flexibility index (Phi) is 7.54. The van der Waals surface area contributed by atoms with Crippen LogP contribution in [0.1, 0.15) is 6.42 Å². The van der Waals surface area contributed by atoms with E-state index in [1.54, 1.807) is 25.3 Å². The number of anilines is 2. The summed E-state index contributed by atoms with van der Waals surface area (Å²) in [5.74, 6) is -0.198. The lowest BCUT2D eigenvalue weighted by Crippen LogP contribution is -2.36. The van der Waals surface area contributed by atoms with Gasteiger partial charge in [0, 0.05) is 32.3 Å². The summed E-state index contributed by atoms with van der Waals surface area (Å²) >= 11 is 6.01. The van der Waals surface area contributed by atoms with Crippen LogP contribution in [-0.4, -0.2) is 44.2 Å². The summed E-state index contributed by atoms with van der Waals surface area (Å²) in [6.07, 6.45) is 0.361. The monoisotopic (exact) mass is 310 g/mol. The van der Waals surface area contributed by atoms with Crippen molar-refractivity contribution in [3.8, 4) is 6.07 Å². The maximum Gasteiger partial charge on any atom is 0.238 e. The lowest BCUT2D eigenvalue weighted by molar-refractivity contribution is -0.117. The quantitative estimate of drug-likeness (QED) is 0.713. The van der Waals surface area contributed by atoms with Crippen LogP contribution < -0.4 is 11.1 Å². The molecule has 0 saturated carbocycles. The Balaban J connectivity index is 2.58. The Morgan fingerprint density at radius 1 is 1.52 bits per heavy atom. The zero-order chi connectivity index (χ0) is 15.7. The van der Waals surface area contributed by atoms with Gasteiger partial charge in [-0.3, -0.25) is 9.69 Å². The summed E-state index contributed by atoms with van der Waals surface area (Å²) in [6, 6.07) is 6.97. The topological polar surface area (TPSA) is 91.4 Å². The minimum Gasteiger partial charge on any atom is -0.399 e. The number of nitriles is 1. The largest absolute Gasteiger partial charge is 0.399 e. The number of rotatable bonds is 8. The van der Waals surface area contributed by atoms with Gasteiger partial charge < -0.3 is 15.8 Å². The van der Waals surface area contributed by atoms with E-state index in [4.69, 9.17) is 27.3 Å². The van der Waals surface area contributed by atoms with Gasteiger partial charge in [0.25, 0.3) is 0 Å². The average Bonchev–Trinajstić information content (AvgIpc) is 2.45. The first-order chi connectivity index (χ1) is 10.1. The van der Waals surface area contributed by atoms with Gasteiger partial charge in [0.15, 0.2) is 0 Å². The fraction of sp³-hybridized carbons (Fsp3) is 0.429. The molecular formula is C14H19ClN4O2. The zero-order valence-corrected chi connectivity index (χ0v) is 12.7. The van der Waals surface area contributed by atoms with Gasteiger partial charge in [-0.1, -0.05) is 11.6 Å². The highest BCUT2D eigenvalue weighted by atomic mass is 35.5. The van der Waals surface area contributed by atoms with Gasteiger partial charge in [0.05, 0.1) is 29.9 Å². The number of methoxy groups -OCH3 is 1. The minimum atomic E-state index is -0.198. The Hall–Kier alpha value is -1.81. The summed E-state index contributed by atoms with van der Waals surface area (Å²) in [4.78, 5) is 13.9. The number of carbonyl (C=O) groups excluding carboxylic acids is 1. The molecule has 3 N–H and O–H groups in total. The summed E-state index contributed by atoms with van der Waals surface area (Å²) in [5, 5.41) is 11.8. The maximum absolute atomic E-state index is 12.0. The molecule has 0 aliphatic carbocycles. The number of hydrogen-bond acceptors (Lipinski definition) is 5. The highest BCUT2D eigenvalue weighted by molar-refractivity contribution is 6.34. The molecule has 0 aliphatic rings. The van der Waals surface area contributed by atoms with Crippen LogP contribution in [0, 0.1) is 11.3 Å². The summed E-state index contributed by atoms with van der Waals surface area (Å²) in [5.41, 5.74) is 6.65. The van der Waals surface area contributed by atoms with Crippen LogP contribution in [0.15, 0.2) is 18.2 Å². The molecule has 0 radical (unpaired) electrons. The number of amides is 1. The number of hydrogen-bond donors (Lipinski definition) is 2. The van der Waals surface area contributed by atoms with E-state index in [0.717, 1.165) is 0 Å². The van der Waals surface area contributed by atoms with E-state index in [1.165, 1.54) is 0 Å². The van der Waals surface area contributed by atoms with Gasteiger partial charge in [-0.25, -0.2) is 0 Å². The van der Waals surface area contributed by atoms with Crippen LogP contribution >= 0.6 is 11.6 Å². The molecule has 0 fully saturated rings. The van der Waals surface area contributed by atoms with E-state index in [-0.39, 0.29) is 12.5 Å². The number of nitrogen functional groups attached to an aromatic ring is 1. The summed E-state index contributed by atoms with van der Waals surface area (Å²) in [6.45, 7) is 1.77. The van der Waals surface area contributed by atoms with Crippen molar-refractivity contribution in [1.82, 2.24) is 4.90 Å². The van der Waals surface area contributed by atoms with Crippen molar-refractivity contribution in [3.63, 3.8) is 0 Å². The van der Waals surface area contributed by atoms with E-state index in [2.05, 4.69) is 11.4 Å². The molecule has 0 bridgehead atoms. The molecule has 21 heavy (non-hydrogen) atoms. The molecule has 1 aromatic rings. The molecule has 0 atom stereocenters. The van der Waals surface area contributed by atoms with E-state index in [0.29, 0.717) is 42.5 Å². The minimum absolute atomic E-state index is 0.172. The lowest BCUT2D eigenvalue weighted by atomic mass is 10.3. The molecule has 0 aromatic heterocycles. The molecule has 0 aliphatic heterocycles. The number of nitrogens with zero attached hydrogens (tertiary/aromatic N) is 2. The Morgan fingerprint density at radius 2 is 2.29 bits per heavy atom. The molecule has 1 aromatic carbocycles. The zero-order valence-electron chi connectivity index (χ0n) is 11.9. The van der Waals surface area contributed by atoms with Crippen LogP contribution in [0.2, 0.25) is 5.02 Å². The Labute approximate surface area is 129 Å². The fourth-order valence-electron chi connectivity index (χ4n) is 1.72. The van der Waals surface area contributed by atoms with Crippen molar-refractivity contribution >= 4 is 28.9 Å². The predicted octanol–water partition coefficient (Wildman–Crippen LogP) is 1.72. The van der Waals surface area contributed by atoms with Gasteiger partial charge in [-0.15, -0.1) is 0 Å². The van der Waals surface area contributed by atoms with Crippen molar-refractivity contribution in [2.45, 2.75) is 6.42 Å². The van der Waals surface area contributed by atoms with Crippen molar-refractivity contribution in [2.24, 2.45) is 0 Å². The number of nitrogens with two attached hydrogens (primary N) is 1. The van der Waals surface area contributed by atoms with E-state index >= 15 is 0 Å². The Morgan fingerprint density at radius 3 is 2.90 bits per heavy atom. The molecule has 114 valence electrons. The first-order valence-electron chi connectivity index (χ1n) is 6.50. The molecule has 0 unspecified atom stereocenters. The molecule has 0 saturated heterocycles. The normalized spacial score (nSPS) is 10.4. The van der Waals surface area contributed by atoms with Crippen LogP contribution in [-0.2, 0) is 9.53 Å². The summed E-state index contributed by atoms with van der Waals surface area (Å²) in [7, 11) is 1.59. The second-order valence-corrected chi connectivity index (χ2v) is 4.87. The summed E-state index contributed by atoms with van der Waals surface area (Å²) < 4.78 is 4.99. The van der Waals surface area contributed by atoms with Gasteiger partial charge in [-0.2, -0.15) is 5.26 Å². The molecule has 7 heteroatoms.